The first-order chi connectivity index (χ1) is 14.3. The van der Waals surface area contributed by atoms with Crippen LogP contribution in [0.4, 0.5) is 0 Å². The van der Waals surface area contributed by atoms with Crippen LogP contribution >= 0.6 is 0 Å². The Morgan fingerprint density at radius 1 is 1.07 bits per heavy atom. The summed E-state index contributed by atoms with van der Waals surface area (Å²) in [6.07, 6.45) is -1.01. The molecule has 0 bridgehead atoms. The molecule has 0 aliphatic carbocycles. The van der Waals surface area contributed by atoms with Crippen LogP contribution in [0, 0.1) is 6.92 Å². The van der Waals surface area contributed by atoms with Crippen LogP contribution in [-0.4, -0.2) is 36.7 Å². The zero-order valence-electron chi connectivity index (χ0n) is 17.1. The summed E-state index contributed by atoms with van der Waals surface area (Å²) in [6.45, 7) is 5.28. The summed E-state index contributed by atoms with van der Waals surface area (Å²) in [6, 6.07) is 11.5. The summed E-state index contributed by atoms with van der Waals surface area (Å²) in [5.41, 5.74) is 2.21. The summed E-state index contributed by atoms with van der Waals surface area (Å²) in [7, 11) is 0. The predicted octanol–water partition coefficient (Wildman–Crippen LogP) is 2.09. The molecule has 0 aromatic heterocycles. The number of carbonyl (C=O) groups is 3. The maximum Gasteiger partial charge on any atom is 0.329 e. The van der Waals surface area contributed by atoms with Gasteiger partial charge in [-0.25, -0.2) is 4.79 Å². The van der Waals surface area contributed by atoms with Crippen molar-refractivity contribution in [1.82, 2.24) is 10.6 Å². The molecule has 0 unspecified atom stereocenters. The van der Waals surface area contributed by atoms with Gasteiger partial charge in [-0.15, -0.1) is 0 Å². The third-order valence-electron chi connectivity index (χ3n) is 4.55. The van der Waals surface area contributed by atoms with Gasteiger partial charge in [0.25, 0.3) is 11.8 Å². The molecule has 8 heteroatoms. The molecule has 1 aliphatic rings. The van der Waals surface area contributed by atoms with Crippen LogP contribution in [0.25, 0.3) is 0 Å². The number of rotatable bonds is 7. The molecule has 8 nitrogen and oxygen atoms in total. The number of amides is 2. The number of nitrogens with one attached hydrogen (secondary N) is 2. The number of aryl methyl sites for hydroxylation is 1. The number of hydrogen-bond donors (Lipinski definition) is 2. The van der Waals surface area contributed by atoms with Crippen LogP contribution in [0.1, 0.15) is 35.3 Å². The van der Waals surface area contributed by atoms with E-state index in [0.717, 1.165) is 11.1 Å². The minimum atomic E-state index is -1.01. The first-order valence-electron chi connectivity index (χ1n) is 9.58. The second-order valence-corrected chi connectivity index (χ2v) is 7.05. The van der Waals surface area contributed by atoms with Crippen molar-refractivity contribution in [2.24, 2.45) is 0 Å². The molecule has 0 saturated carbocycles. The normalized spacial score (nSPS) is 13.8. The standard InChI is InChI=1S/C22H24N2O6/c1-13-5-4-6-17(9-13)21(26)24-14(2)22(27)30-15(3)20(25)23-11-16-7-8-18-19(10-16)29-12-28-18/h4-10,14-15H,11-12H2,1-3H3,(H,23,25)(H,24,26)/t14-,15+/m0/s1. The van der Waals surface area contributed by atoms with Crippen molar-refractivity contribution in [3.63, 3.8) is 0 Å². The predicted molar refractivity (Wildman–Crippen MR) is 108 cm³/mol. The summed E-state index contributed by atoms with van der Waals surface area (Å²) in [5.74, 6) is -0.239. The van der Waals surface area contributed by atoms with Gasteiger partial charge in [-0.3, -0.25) is 9.59 Å². The van der Waals surface area contributed by atoms with Gasteiger partial charge in [0.1, 0.15) is 6.04 Å². The van der Waals surface area contributed by atoms with Crippen LogP contribution in [0.3, 0.4) is 0 Å². The van der Waals surface area contributed by atoms with Gasteiger partial charge in [0.15, 0.2) is 17.6 Å². The third-order valence-corrected chi connectivity index (χ3v) is 4.55. The number of esters is 1. The molecule has 0 fully saturated rings. The summed E-state index contributed by atoms with van der Waals surface area (Å²) >= 11 is 0. The van der Waals surface area contributed by atoms with Crippen molar-refractivity contribution < 1.29 is 28.6 Å². The Bertz CT molecular complexity index is 958. The van der Waals surface area contributed by atoms with Gasteiger partial charge in [-0.05, 0) is 50.6 Å². The highest BCUT2D eigenvalue weighted by molar-refractivity contribution is 5.97. The van der Waals surface area contributed by atoms with Crippen molar-refractivity contribution in [1.29, 1.82) is 0 Å². The van der Waals surface area contributed by atoms with Gasteiger partial charge in [-0.1, -0.05) is 23.8 Å². The molecular formula is C22H24N2O6. The summed E-state index contributed by atoms with van der Waals surface area (Å²) < 4.78 is 15.7. The average molecular weight is 412 g/mol. The molecule has 158 valence electrons. The molecule has 3 rings (SSSR count). The van der Waals surface area contributed by atoms with Crippen LogP contribution in [0.15, 0.2) is 42.5 Å². The lowest BCUT2D eigenvalue weighted by molar-refractivity contribution is -0.156. The Hall–Kier alpha value is -3.55. The van der Waals surface area contributed by atoms with E-state index >= 15 is 0 Å². The second kappa shape index (κ2) is 9.30. The first kappa shape index (κ1) is 21.2. The van der Waals surface area contributed by atoms with Crippen molar-refractivity contribution >= 4 is 17.8 Å². The van der Waals surface area contributed by atoms with Crippen molar-refractivity contribution in [2.45, 2.75) is 39.5 Å². The van der Waals surface area contributed by atoms with E-state index in [9.17, 15) is 14.4 Å². The van der Waals surface area contributed by atoms with Crippen LogP contribution in [-0.2, 0) is 20.9 Å². The molecular weight excluding hydrogens is 388 g/mol. The maximum absolute atomic E-state index is 12.3. The summed E-state index contributed by atoms with van der Waals surface area (Å²) in [4.78, 5) is 36.8. The Balaban J connectivity index is 1.46. The van der Waals surface area contributed by atoms with E-state index in [4.69, 9.17) is 14.2 Å². The lowest BCUT2D eigenvalue weighted by atomic mass is 10.1. The van der Waals surface area contributed by atoms with E-state index in [1.165, 1.54) is 13.8 Å². The minimum Gasteiger partial charge on any atom is -0.454 e. The largest absolute Gasteiger partial charge is 0.454 e. The van der Waals surface area contributed by atoms with E-state index in [-0.39, 0.29) is 19.2 Å². The average Bonchev–Trinajstić information content (AvgIpc) is 3.19. The van der Waals surface area contributed by atoms with E-state index < -0.39 is 24.0 Å². The fraction of sp³-hybridized carbons (Fsp3) is 0.318. The van der Waals surface area contributed by atoms with E-state index in [2.05, 4.69) is 10.6 Å². The van der Waals surface area contributed by atoms with Gasteiger partial charge in [0, 0.05) is 12.1 Å². The van der Waals surface area contributed by atoms with Crippen molar-refractivity contribution in [3.05, 3.63) is 59.2 Å². The molecule has 0 spiro atoms. The zero-order chi connectivity index (χ0) is 21.7. The summed E-state index contributed by atoms with van der Waals surface area (Å²) in [5, 5.41) is 5.29. The van der Waals surface area contributed by atoms with Gasteiger partial charge in [-0.2, -0.15) is 0 Å². The van der Waals surface area contributed by atoms with Gasteiger partial charge >= 0.3 is 5.97 Å². The number of ether oxygens (including phenoxy) is 3. The smallest absolute Gasteiger partial charge is 0.329 e. The third kappa shape index (κ3) is 5.28. The molecule has 0 saturated heterocycles. The molecule has 2 N–H and O–H groups in total. The number of hydrogen-bond acceptors (Lipinski definition) is 6. The van der Waals surface area contributed by atoms with E-state index in [0.29, 0.717) is 17.1 Å². The lowest BCUT2D eigenvalue weighted by Crippen LogP contribution is -2.43. The number of carbonyl (C=O) groups excluding carboxylic acids is 3. The molecule has 2 amide bonds. The molecule has 1 heterocycles. The topological polar surface area (TPSA) is 103 Å². The fourth-order valence-electron chi connectivity index (χ4n) is 2.84. The van der Waals surface area contributed by atoms with Crippen LogP contribution in [0.2, 0.25) is 0 Å². The maximum atomic E-state index is 12.3. The molecule has 2 atom stereocenters. The van der Waals surface area contributed by atoms with Gasteiger partial charge in [0.05, 0.1) is 0 Å². The molecule has 30 heavy (non-hydrogen) atoms. The Morgan fingerprint density at radius 2 is 1.83 bits per heavy atom. The lowest BCUT2D eigenvalue weighted by Gasteiger charge is -2.18. The van der Waals surface area contributed by atoms with Crippen molar-refractivity contribution in [2.75, 3.05) is 6.79 Å². The highest BCUT2D eigenvalue weighted by Gasteiger charge is 2.23. The monoisotopic (exact) mass is 412 g/mol. The van der Waals surface area contributed by atoms with Crippen molar-refractivity contribution in [3.8, 4) is 11.5 Å². The molecule has 2 aromatic carbocycles. The van der Waals surface area contributed by atoms with Gasteiger partial charge < -0.3 is 24.8 Å². The van der Waals surface area contributed by atoms with Crippen LogP contribution in [0.5, 0.6) is 11.5 Å². The minimum absolute atomic E-state index is 0.177. The molecule has 1 aliphatic heterocycles. The fourth-order valence-corrected chi connectivity index (χ4v) is 2.84. The second-order valence-electron chi connectivity index (χ2n) is 7.05. The van der Waals surface area contributed by atoms with E-state index in [1.807, 2.05) is 19.1 Å². The Kier molecular flexibility index (Phi) is 6.56. The van der Waals surface area contributed by atoms with Crippen LogP contribution < -0.4 is 20.1 Å². The zero-order valence-corrected chi connectivity index (χ0v) is 17.1. The van der Waals surface area contributed by atoms with Gasteiger partial charge in [0.2, 0.25) is 6.79 Å². The highest BCUT2D eigenvalue weighted by atomic mass is 16.7. The van der Waals surface area contributed by atoms with E-state index in [1.54, 1.807) is 30.3 Å². The first-order valence-corrected chi connectivity index (χ1v) is 9.58. The SMILES string of the molecule is Cc1cccc(C(=O)N[C@@H](C)C(=O)O[C@H](C)C(=O)NCc2ccc3c(c2)OCO3)c1. The Labute approximate surface area is 174 Å². The number of fused-ring (bicyclic) bond motifs is 1. The highest BCUT2D eigenvalue weighted by Crippen LogP contribution is 2.32. The molecule has 0 radical (unpaired) electrons. The Morgan fingerprint density at radius 3 is 2.60 bits per heavy atom. The quantitative estimate of drug-likeness (QED) is 0.675. The molecule has 2 aromatic rings. The number of benzene rings is 2.